The molecular formula is C19H20BrN3O. The predicted octanol–water partition coefficient (Wildman–Crippen LogP) is 4.21. The van der Waals surface area contributed by atoms with Gasteiger partial charge in [-0.3, -0.25) is 4.79 Å². The van der Waals surface area contributed by atoms with Crippen LogP contribution in [0.1, 0.15) is 30.5 Å². The Morgan fingerprint density at radius 2 is 1.75 bits per heavy atom. The Kier molecular flexibility index (Phi) is 4.71. The number of carbonyl (C=O) groups is 1. The summed E-state index contributed by atoms with van der Waals surface area (Å²) in [6, 6.07) is 16.3. The molecule has 1 heterocycles. The van der Waals surface area contributed by atoms with Crippen molar-refractivity contribution in [3.8, 4) is 0 Å². The van der Waals surface area contributed by atoms with E-state index in [0.717, 1.165) is 33.4 Å². The fraction of sp³-hybridized carbons (Fsp3) is 0.263. The summed E-state index contributed by atoms with van der Waals surface area (Å²) in [5, 5.41) is 6.18. The minimum absolute atomic E-state index is 0.0382. The van der Waals surface area contributed by atoms with Gasteiger partial charge in [-0.1, -0.05) is 40.2 Å². The Morgan fingerprint density at radius 1 is 1.12 bits per heavy atom. The van der Waals surface area contributed by atoms with Crippen molar-refractivity contribution >= 4 is 33.2 Å². The molecule has 1 amide bonds. The standard InChI is InChI=1S/C19H20BrN3O/c1-13(24)23-19(15-6-10-17(11-7-15)22(2)3)12-18(21-23)14-4-8-16(20)9-5-14/h4-11,19H,12H2,1-3H3. The molecule has 1 aliphatic heterocycles. The van der Waals surface area contributed by atoms with E-state index in [1.54, 1.807) is 11.9 Å². The number of nitrogens with zero attached hydrogens (tertiary/aromatic N) is 3. The number of amides is 1. The second kappa shape index (κ2) is 6.77. The zero-order valence-corrected chi connectivity index (χ0v) is 15.6. The van der Waals surface area contributed by atoms with Crippen molar-refractivity contribution in [2.75, 3.05) is 19.0 Å². The van der Waals surface area contributed by atoms with Crippen molar-refractivity contribution in [1.29, 1.82) is 0 Å². The van der Waals surface area contributed by atoms with Gasteiger partial charge in [0, 0.05) is 37.6 Å². The highest BCUT2D eigenvalue weighted by Crippen LogP contribution is 2.33. The van der Waals surface area contributed by atoms with Crippen molar-refractivity contribution in [3.63, 3.8) is 0 Å². The third-order valence-corrected chi connectivity index (χ3v) is 4.73. The third-order valence-electron chi connectivity index (χ3n) is 4.20. The minimum Gasteiger partial charge on any atom is -0.378 e. The molecule has 24 heavy (non-hydrogen) atoms. The van der Waals surface area contributed by atoms with Crippen LogP contribution in [0.2, 0.25) is 0 Å². The highest BCUT2D eigenvalue weighted by molar-refractivity contribution is 9.10. The first-order chi connectivity index (χ1) is 11.5. The lowest BCUT2D eigenvalue weighted by molar-refractivity contribution is -0.130. The zero-order valence-electron chi connectivity index (χ0n) is 14.0. The number of hydrazone groups is 1. The lowest BCUT2D eigenvalue weighted by Crippen LogP contribution is -2.24. The zero-order chi connectivity index (χ0) is 17.3. The number of carbonyl (C=O) groups excluding carboxylic acids is 1. The Morgan fingerprint density at radius 3 is 2.29 bits per heavy atom. The van der Waals surface area contributed by atoms with Crippen LogP contribution in [-0.4, -0.2) is 30.7 Å². The Hall–Kier alpha value is -2.14. The van der Waals surface area contributed by atoms with Crippen molar-refractivity contribution < 1.29 is 4.79 Å². The molecule has 0 radical (unpaired) electrons. The van der Waals surface area contributed by atoms with Crippen LogP contribution in [0, 0.1) is 0 Å². The largest absolute Gasteiger partial charge is 0.378 e. The quantitative estimate of drug-likeness (QED) is 0.792. The lowest BCUT2D eigenvalue weighted by atomic mass is 9.98. The first-order valence-corrected chi connectivity index (χ1v) is 8.65. The molecule has 0 aliphatic carbocycles. The molecular weight excluding hydrogens is 366 g/mol. The van der Waals surface area contributed by atoms with E-state index in [9.17, 15) is 4.79 Å². The van der Waals surface area contributed by atoms with Crippen LogP contribution in [0.4, 0.5) is 5.69 Å². The van der Waals surface area contributed by atoms with Crippen LogP contribution in [0.5, 0.6) is 0 Å². The smallest absolute Gasteiger partial charge is 0.240 e. The number of rotatable bonds is 3. The molecule has 5 heteroatoms. The molecule has 0 bridgehead atoms. The van der Waals surface area contributed by atoms with Gasteiger partial charge >= 0.3 is 0 Å². The molecule has 1 atom stereocenters. The summed E-state index contributed by atoms with van der Waals surface area (Å²) in [7, 11) is 4.03. The highest BCUT2D eigenvalue weighted by atomic mass is 79.9. The molecule has 4 nitrogen and oxygen atoms in total. The Bertz CT molecular complexity index is 766. The molecule has 0 saturated heterocycles. The van der Waals surface area contributed by atoms with Crippen molar-refractivity contribution in [2.24, 2.45) is 5.10 Å². The van der Waals surface area contributed by atoms with Gasteiger partial charge in [-0.15, -0.1) is 0 Å². The normalized spacial score (nSPS) is 16.9. The molecule has 2 aromatic rings. The van der Waals surface area contributed by atoms with Gasteiger partial charge in [0.25, 0.3) is 0 Å². The van der Waals surface area contributed by atoms with Gasteiger partial charge in [-0.25, -0.2) is 5.01 Å². The first-order valence-electron chi connectivity index (χ1n) is 7.86. The van der Waals surface area contributed by atoms with E-state index < -0.39 is 0 Å². The van der Waals surface area contributed by atoms with E-state index in [1.807, 2.05) is 38.4 Å². The molecule has 0 N–H and O–H groups in total. The van der Waals surface area contributed by atoms with Crippen LogP contribution >= 0.6 is 15.9 Å². The molecule has 1 unspecified atom stereocenters. The maximum Gasteiger partial charge on any atom is 0.240 e. The van der Waals surface area contributed by atoms with Gasteiger partial charge in [-0.05, 0) is 35.4 Å². The summed E-state index contributed by atoms with van der Waals surface area (Å²) in [4.78, 5) is 14.1. The third kappa shape index (κ3) is 3.36. The molecule has 0 saturated carbocycles. The van der Waals surface area contributed by atoms with E-state index in [-0.39, 0.29) is 11.9 Å². The average molecular weight is 386 g/mol. The van der Waals surface area contributed by atoms with E-state index in [4.69, 9.17) is 0 Å². The number of hydrogen-bond donors (Lipinski definition) is 0. The fourth-order valence-corrected chi connectivity index (χ4v) is 3.14. The van der Waals surface area contributed by atoms with Gasteiger partial charge < -0.3 is 4.90 Å². The van der Waals surface area contributed by atoms with Crippen molar-refractivity contribution in [3.05, 3.63) is 64.1 Å². The maximum absolute atomic E-state index is 12.0. The summed E-state index contributed by atoms with van der Waals surface area (Å²) >= 11 is 3.45. The van der Waals surface area contributed by atoms with Crippen LogP contribution in [0.15, 0.2) is 58.1 Å². The average Bonchev–Trinajstić information content (AvgIpc) is 3.01. The summed E-state index contributed by atoms with van der Waals surface area (Å²) in [5.74, 6) is -0.0382. The maximum atomic E-state index is 12.0. The summed E-state index contributed by atoms with van der Waals surface area (Å²) < 4.78 is 1.03. The molecule has 0 spiro atoms. The molecule has 0 aromatic heterocycles. The lowest BCUT2D eigenvalue weighted by Gasteiger charge is -2.21. The van der Waals surface area contributed by atoms with Gasteiger partial charge in [0.2, 0.25) is 5.91 Å². The second-order valence-electron chi connectivity index (χ2n) is 6.12. The van der Waals surface area contributed by atoms with Crippen LogP contribution in [0.3, 0.4) is 0 Å². The van der Waals surface area contributed by atoms with Gasteiger partial charge in [0.15, 0.2) is 0 Å². The molecule has 3 rings (SSSR count). The van der Waals surface area contributed by atoms with Crippen LogP contribution in [0.25, 0.3) is 0 Å². The highest BCUT2D eigenvalue weighted by Gasteiger charge is 2.31. The molecule has 124 valence electrons. The molecule has 1 aliphatic rings. The SMILES string of the molecule is CC(=O)N1N=C(c2ccc(Br)cc2)CC1c1ccc(N(C)C)cc1. The first kappa shape index (κ1) is 16.7. The summed E-state index contributed by atoms with van der Waals surface area (Å²) in [6.07, 6.45) is 0.725. The summed E-state index contributed by atoms with van der Waals surface area (Å²) in [6.45, 7) is 1.56. The number of benzene rings is 2. The number of halogens is 1. The van der Waals surface area contributed by atoms with Crippen LogP contribution in [-0.2, 0) is 4.79 Å². The molecule has 0 fully saturated rings. The Labute approximate surface area is 150 Å². The molecule has 2 aromatic carbocycles. The van der Waals surface area contributed by atoms with E-state index in [1.165, 1.54) is 0 Å². The van der Waals surface area contributed by atoms with E-state index >= 15 is 0 Å². The Balaban J connectivity index is 1.89. The number of hydrogen-bond acceptors (Lipinski definition) is 3. The van der Waals surface area contributed by atoms with Crippen molar-refractivity contribution in [1.82, 2.24) is 5.01 Å². The van der Waals surface area contributed by atoms with Crippen molar-refractivity contribution in [2.45, 2.75) is 19.4 Å². The van der Waals surface area contributed by atoms with Gasteiger partial charge in [-0.2, -0.15) is 5.10 Å². The van der Waals surface area contributed by atoms with E-state index in [2.05, 4.69) is 50.2 Å². The second-order valence-corrected chi connectivity index (χ2v) is 7.04. The summed E-state index contributed by atoms with van der Waals surface area (Å²) in [5.41, 5.74) is 4.24. The minimum atomic E-state index is -0.0441. The number of anilines is 1. The fourth-order valence-electron chi connectivity index (χ4n) is 2.87. The van der Waals surface area contributed by atoms with Crippen LogP contribution < -0.4 is 4.90 Å². The van der Waals surface area contributed by atoms with Gasteiger partial charge in [0.1, 0.15) is 0 Å². The van der Waals surface area contributed by atoms with E-state index in [0.29, 0.717) is 0 Å². The predicted molar refractivity (Wildman–Crippen MR) is 101 cm³/mol. The van der Waals surface area contributed by atoms with Gasteiger partial charge in [0.05, 0.1) is 11.8 Å². The topological polar surface area (TPSA) is 35.9 Å². The monoisotopic (exact) mass is 385 g/mol.